The van der Waals surface area contributed by atoms with E-state index in [4.69, 9.17) is 10.5 Å². The largest absolute Gasteiger partial charge is 0.494 e. The van der Waals surface area contributed by atoms with E-state index in [-0.39, 0.29) is 12.4 Å². The highest BCUT2D eigenvalue weighted by molar-refractivity contribution is 5.65. The smallest absolute Gasteiger partial charge is 0.127 e. The van der Waals surface area contributed by atoms with E-state index in [0.29, 0.717) is 12.2 Å². The molecule has 0 amide bonds. The van der Waals surface area contributed by atoms with Crippen LogP contribution in [-0.2, 0) is 6.54 Å². The normalized spacial score (nSPS) is 10.4. The van der Waals surface area contributed by atoms with E-state index in [1.807, 2.05) is 31.2 Å². The van der Waals surface area contributed by atoms with Crippen molar-refractivity contribution < 1.29 is 9.13 Å². The highest BCUT2D eigenvalue weighted by Gasteiger charge is 2.04. The number of ether oxygens (including phenoxy) is 1. The number of hydrogen-bond acceptors (Lipinski definition) is 2. The molecule has 3 heteroatoms. The molecule has 0 saturated carbocycles. The van der Waals surface area contributed by atoms with Gasteiger partial charge in [0, 0.05) is 12.1 Å². The zero-order chi connectivity index (χ0) is 13.0. The molecule has 0 aliphatic carbocycles. The third-order valence-corrected chi connectivity index (χ3v) is 2.76. The summed E-state index contributed by atoms with van der Waals surface area (Å²) in [5.74, 6) is 0.578. The van der Waals surface area contributed by atoms with Crippen LogP contribution in [0.3, 0.4) is 0 Å². The van der Waals surface area contributed by atoms with Crippen LogP contribution in [0.15, 0.2) is 42.5 Å². The Kier molecular flexibility index (Phi) is 3.95. The van der Waals surface area contributed by atoms with Crippen LogP contribution in [0.2, 0.25) is 0 Å². The molecule has 94 valence electrons. The third-order valence-electron chi connectivity index (χ3n) is 2.76. The van der Waals surface area contributed by atoms with Crippen LogP contribution < -0.4 is 10.5 Å². The fourth-order valence-corrected chi connectivity index (χ4v) is 1.82. The zero-order valence-electron chi connectivity index (χ0n) is 10.3. The van der Waals surface area contributed by atoms with Crippen LogP contribution in [0.4, 0.5) is 4.39 Å². The van der Waals surface area contributed by atoms with Gasteiger partial charge in [-0.25, -0.2) is 4.39 Å². The summed E-state index contributed by atoms with van der Waals surface area (Å²) in [6, 6.07) is 12.7. The minimum absolute atomic E-state index is 0.205. The maximum absolute atomic E-state index is 13.4. The van der Waals surface area contributed by atoms with Gasteiger partial charge in [0.2, 0.25) is 0 Å². The number of rotatable bonds is 4. The van der Waals surface area contributed by atoms with Crippen LogP contribution in [0, 0.1) is 5.82 Å². The van der Waals surface area contributed by atoms with Gasteiger partial charge in [-0.2, -0.15) is 0 Å². The van der Waals surface area contributed by atoms with Crippen molar-refractivity contribution in [3.8, 4) is 16.9 Å². The Labute approximate surface area is 106 Å². The molecule has 2 nitrogen and oxygen atoms in total. The van der Waals surface area contributed by atoms with Crippen molar-refractivity contribution in [2.75, 3.05) is 6.61 Å². The van der Waals surface area contributed by atoms with Gasteiger partial charge in [-0.15, -0.1) is 0 Å². The molecule has 0 saturated heterocycles. The molecule has 0 spiro atoms. The van der Waals surface area contributed by atoms with Crippen molar-refractivity contribution in [2.45, 2.75) is 13.5 Å². The SMILES string of the molecule is CCOc1ccc(-c2ccc(F)c(CN)c2)cc1. The second kappa shape index (κ2) is 5.65. The van der Waals surface area contributed by atoms with Crippen molar-refractivity contribution in [2.24, 2.45) is 5.73 Å². The Balaban J connectivity index is 2.30. The predicted molar refractivity (Wildman–Crippen MR) is 70.9 cm³/mol. The first-order valence-electron chi connectivity index (χ1n) is 5.96. The van der Waals surface area contributed by atoms with E-state index in [1.165, 1.54) is 6.07 Å². The number of hydrogen-bond donors (Lipinski definition) is 1. The lowest BCUT2D eigenvalue weighted by Gasteiger charge is -2.07. The number of benzene rings is 2. The van der Waals surface area contributed by atoms with Crippen molar-refractivity contribution >= 4 is 0 Å². The lowest BCUT2D eigenvalue weighted by molar-refractivity contribution is 0.340. The first-order valence-corrected chi connectivity index (χ1v) is 5.96. The van der Waals surface area contributed by atoms with Gasteiger partial charge in [-0.1, -0.05) is 18.2 Å². The Morgan fingerprint density at radius 2 is 1.72 bits per heavy atom. The summed E-state index contributed by atoms with van der Waals surface area (Å²) in [5.41, 5.74) is 8.01. The quantitative estimate of drug-likeness (QED) is 0.896. The Morgan fingerprint density at radius 1 is 1.06 bits per heavy atom. The molecule has 0 aliphatic rings. The van der Waals surface area contributed by atoms with Crippen LogP contribution >= 0.6 is 0 Å². The topological polar surface area (TPSA) is 35.2 Å². The summed E-state index contributed by atoms with van der Waals surface area (Å²) >= 11 is 0. The molecule has 2 aromatic rings. The average Bonchev–Trinajstić information content (AvgIpc) is 2.41. The molecule has 0 radical (unpaired) electrons. The molecule has 0 bridgehead atoms. The molecular formula is C15H16FNO. The van der Waals surface area contributed by atoms with Gasteiger partial charge in [-0.05, 0) is 42.3 Å². The van der Waals surface area contributed by atoms with Gasteiger partial charge < -0.3 is 10.5 Å². The highest BCUT2D eigenvalue weighted by Crippen LogP contribution is 2.24. The van der Waals surface area contributed by atoms with Crippen molar-refractivity contribution in [3.05, 3.63) is 53.8 Å². The second-order valence-electron chi connectivity index (χ2n) is 3.97. The Morgan fingerprint density at radius 3 is 2.33 bits per heavy atom. The number of nitrogens with two attached hydrogens (primary N) is 1. The number of halogens is 1. The second-order valence-corrected chi connectivity index (χ2v) is 3.97. The molecule has 0 atom stereocenters. The lowest BCUT2D eigenvalue weighted by atomic mass is 10.0. The Bertz CT molecular complexity index is 523. The van der Waals surface area contributed by atoms with Crippen molar-refractivity contribution in [3.63, 3.8) is 0 Å². The van der Waals surface area contributed by atoms with Crippen LogP contribution in [0.1, 0.15) is 12.5 Å². The van der Waals surface area contributed by atoms with Crippen LogP contribution in [-0.4, -0.2) is 6.61 Å². The minimum Gasteiger partial charge on any atom is -0.494 e. The summed E-state index contributed by atoms with van der Waals surface area (Å²) in [6.45, 7) is 2.80. The summed E-state index contributed by atoms with van der Waals surface area (Å²) < 4.78 is 18.7. The summed E-state index contributed by atoms with van der Waals surface area (Å²) in [6.07, 6.45) is 0. The lowest BCUT2D eigenvalue weighted by Crippen LogP contribution is -1.99. The summed E-state index contributed by atoms with van der Waals surface area (Å²) in [5, 5.41) is 0. The van der Waals surface area contributed by atoms with Crippen molar-refractivity contribution in [1.29, 1.82) is 0 Å². The van der Waals surface area contributed by atoms with E-state index >= 15 is 0 Å². The highest BCUT2D eigenvalue weighted by atomic mass is 19.1. The van der Waals surface area contributed by atoms with Gasteiger partial charge in [0.25, 0.3) is 0 Å². The molecule has 2 N–H and O–H groups in total. The van der Waals surface area contributed by atoms with E-state index in [0.717, 1.165) is 16.9 Å². The molecule has 18 heavy (non-hydrogen) atoms. The maximum Gasteiger partial charge on any atom is 0.127 e. The maximum atomic E-state index is 13.4. The van der Waals surface area contributed by atoms with E-state index in [9.17, 15) is 4.39 Å². The van der Waals surface area contributed by atoms with Gasteiger partial charge in [0.1, 0.15) is 11.6 Å². The first kappa shape index (κ1) is 12.6. The van der Waals surface area contributed by atoms with Gasteiger partial charge in [-0.3, -0.25) is 0 Å². The van der Waals surface area contributed by atoms with Gasteiger partial charge in [0.05, 0.1) is 6.61 Å². The third kappa shape index (κ3) is 2.68. The molecule has 2 aromatic carbocycles. The molecule has 2 rings (SSSR count). The molecule has 0 aromatic heterocycles. The summed E-state index contributed by atoms with van der Waals surface area (Å²) in [4.78, 5) is 0. The minimum atomic E-state index is -0.257. The first-order chi connectivity index (χ1) is 8.74. The van der Waals surface area contributed by atoms with Gasteiger partial charge in [0.15, 0.2) is 0 Å². The Hall–Kier alpha value is -1.87. The molecule has 0 aliphatic heterocycles. The average molecular weight is 245 g/mol. The molecule has 0 fully saturated rings. The van der Waals surface area contributed by atoms with Crippen molar-refractivity contribution in [1.82, 2.24) is 0 Å². The fraction of sp³-hybridized carbons (Fsp3) is 0.200. The zero-order valence-corrected chi connectivity index (χ0v) is 10.3. The fourth-order valence-electron chi connectivity index (χ4n) is 1.82. The van der Waals surface area contributed by atoms with E-state index in [1.54, 1.807) is 12.1 Å². The molecular weight excluding hydrogens is 229 g/mol. The van der Waals surface area contributed by atoms with Crippen LogP contribution in [0.5, 0.6) is 5.75 Å². The van der Waals surface area contributed by atoms with E-state index < -0.39 is 0 Å². The van der Waals surface area contributed by atoms with Gasteiger partial charge >= 0.3 is 0 Å². The monoisotopic (exact) mass is 245 g/mol. The summed E-state index contributed by atoms with van der Waals surface area (Å²) in [7, 11) is 0. The molecule has 0 unspecified atom stereocenters. The molecule has 0 heterocycles. The predicted octanol–water partition coefficient (Wildman–Crippen LogP) is 3.35. The standard InChI is InChI=1S/C15H16FNO/c1-2-18-14-6-3-11(4-7-14)12-5-8-15(16)13(9-12)10-17/h3-9H,2,10,17H2,1H3. The van der Waals surface area contributed by atoms with E-state index in [2.05, 4.69) is 0 Å². The van der Waals surface area contributed by atoms with Crippen LogP contribution in [0.25, 0.3) is 11.1 Å².